The maximum Gasteiger partial charge on any atom is 0.171 e. The minimum absolute atomic E-state index is 0.0673. The first-order chi connectivity index (χ1) is 11.7. The number of aliphatic carboxylic acids is 1. The molecule has 8 heteroatoms. The number of carboxylic acid groups (broad SMARTS) is 1. The summed E-state index contributed by atoms with van der Waals surface area (Å²) in [6.45, 7) is 6.72. The van der Waals surface area contributed by atoms with Crippen molar-refractivity contribution in [1.82, 2.24) is 10.6 Å². The van der Waals surface area contributed by atoms with Crippen molar-refractivity contribution in [2.24, 2.45) is 5.92 Å². The minimum atomic E-state index is -1.33. The van der Waals surface area contributed by atoms with Crippen LogP contribution in [0.4, 0.5) is 0 Å². The number of benzene rings is 1. The smallest absolute Gasteiger partial charge is 0.171 e. The number of methoxy groups -OCH3 is 1. The van der Waals surface area contributed by atoms with E-state index in [1.165, 1.54) is 21.0 Å². The summed E-state index contributed by atoms with van der Waals surface area (Å²) in [4.78, 5) is 22.9. The van der Waals surface area contributed by atoms with E-state index >= 15 is 0 Å². The van der Waals surface area contributed by atoms with Crippen molar-refractivity contribution in [1.29, 1.82) is 0 Å². The van der Waals surface area contributed by atoms with Crippen molar-refractivity contribution in [3.63, 3.8) is 0 Å². The summed E-state index contributed by atoms with van der Waals surface area (Å²) in [5.74, 6) is -1.31. The van der Waals surface area contributed by atoms with Crippen LogP contribution in [0.15, 0.2) is 30.5 Å². The molecule has 0 amide bonds. The molecule has 1 aliphatic heterocycles. The van der Waals surface area contributed by atoms with Crippen molar-refractivity contribution in [3.8, 4) is 11.5 Å². The number of hydrogen-bond acceptors (Lipinski definition) is 6. The number of nitrogens with one attached hydrogen (secondary N) is 2. The number of thiocarbonyl (C=S) groups is 1. The first kappa shape index (κ1) is 18.7. The van der Waals surface area contributed by atoms with Crippen LogP contribution in [0.3, 0.4) is 0 Å². The van der Waals surface area contributed by atoms with Crippen molar-refractivity contribution in [2.75, 3.05) is 7.11 Å². The van der Waals surface area contributed by atoms with E-state index in [-0.39, 0.29) is 11.5 Å². The van der Waals surface area contributed by atoms with Gasteiger partial charge in [0.1, 0.15) is 11.9 Å². The number of ether oxygens (including phenoxy) is 2. The van der Waals surface area contributed by atoms with Gasteiger partial charge in [0.05, 0.1) is 25.0 Å². The molecule has 0 spiro atoms. The van der Waals surface area contributed by atoms with Crippen LogP contribution < -0.4 is 25.2 Å². The molecule has 1 aromatic carbocycles. The average Bonchev–Trinajstić information content (AvgIpc) is 2.53. The molecule has 3 atom stereocenters. The molecule has 0 saturated carbocycles. The number of rotatable bonds is 6. The number of Topliss-reactive ketones (excluding diaryl/α,β-unsaturated/α-hetero) is 1. The topological polar surface area (TPSA) is 99.7 Å². The Kier molecular flexibility index (Phi) is 5.63. The fraction of sp³-hybridized carbons (Fsp3) is 0.353. The Labute approximate surface area is 151 Å². The number of hydrogen-bond donors (Lipinski definition) is 2. The molecule has 1 heterocycles. The lowest BCUT2D eigenvalue weighted by molar-refractivity contribution is -0.312. The van der Waals surface area contributed by atoms with Gasteiger partial charge in [0.25, 0.3) is 0 Å². The molecular formula is C17H19N2O5S-. The molecule has 7 nitrogen and oxygen atoms in total. The predicted octanol–water partition coefficient (Wildman–Crippen LogP) is 0.450. The highest BCUT2D eigenvalue weighted by Gasteiger charge is 2.34. The molecule has 1 aromatic rings. The van der Waals surface area contributed by atoms with Crippen LogP contribution in [0.2, 0.25) is 0 Å². The van der Waals surface area contributed by atoms with Gasteiger partial charge >= 0.3 is 0 Å². The van der Waals surface area contributed by atoms with Gasteiger partial charge in [-0.05, 0) is 43.8 Å². The first-order valence-corrected chi connectivity index (χ1v) is 7.97. The summed E-state index contributed by atoms with van der Waals surface area (Å²) in [6, 6.07) is 4.56. The Morgan fingerprint density at radius 1 is 1.36 bits per heavy atom. The van der Waals surface area contributed by atoms with E-state index in [4.69, 9.17) is 21.7 Å². The molecule has 0 aliphatic carbocycles. The van der Waals surface area contributed by atoms with Crippen LogP contribution in [-0.4, -0.2) is 30.1 Å². The molecule has 25 heavy (non-hydrogen) atoms. The third-order valence-electron chi connectivity index (χ3n) is 3.89. The summed E-state index contributed by atoms with van der Waals surface area (Å²) in [6.07, 6.45) is -1.13. The van der Waals surface area contributed by atoms with Gasteiger partial charge in [0.2, 0.25) is 0 Å². The summed E-state index contributed by atoms with van der Waals surface area (Å²) in [5.41, 5.74) is 1.25. The van der Waals surface area contributed by atoms with Gasteiger partial charge in [-0.2, -0.15) is 0 Å². The van der Waals surface area contributed by atoms with Gasteiger partial charge in [-0.1, -0.05) is 12.6 Å². The average molecular weight is 363 g/mol. The molecule has 2 N–H and O–H groups in total. The minimum Gasteiger partial charge on any atom is -0.546 e. The van der Waals surface area contributed by atoms with Crippen LogP contribution in [0, 0.1) is 5.92 Å². The SMILES string of the molecule is C=C1NC(=S)N[C@@H](c2ccc(O[C@@H](C)C(=O)[O-])c(OC)c2)[C@H]1C(C)=O. The van der Waals surface area contributed by atoms with Gasteiger partial charge in [-0.25, -0.2) is 0 Å². The molecule has 0 aromatic heterocycles. The standard InChI is InChI=1S/C17H20N2O5S/c1-8-14(9(2)20)15(19-17(25)18-8)11-5-6-12(13(7-11)23-4)24-10(3)16(21)22/h5-7,10,14-15H,1H2,2-4H3,(H,21,22)(H2,18,19,25)/p-1/t10-,14+,15-/m0/s1. The number of carboxylic acids is 1. The Morgan fingerprint density at radius 3 is 2.60 bits per heavy atom. The first-order valence-electron chi connectivity index (χ1n) is 7.56. The van der Waals surface area contributed by atoms with Crippen LogP contribution in [0.5, 0.6) is 11.5 Å². The van der Waals surface area contributed by atoms with Crippen LogP contribution in [-0.2, 0) is 9.59 Å². The predicted molar refractivity (Wildman–Crippen MR) is 93.0 cm³/mol. The highest BCUT2D eigenvalue weighted by molar-refractivity contribution is 7.80. The van der Waals surface area contributed by atoms with E-state index in [1.54, 1.807) is 18.2 Å². The van der Waals surface area contributed by atoms with E-state index in [1.807, 2.05) is 0 Å². The Hall–Kier alpha value is -2.61. The van der Waals surface area contributed by atoms with E-state index in [0.717, 1.165) is 5.56 Å². The fourth-order valence-electron chi connectivity index (χ4n) is 2.65. The quantitative estimate of drug-likeness (QED) is 0.703. The number of ketones is 1. The number of carbonyl (C=O) groups excluding carboxylic acids is 2. The molecule has 0 radical (unpaired) electrons. The second kappa shape index (κ2) is 7.52. The zero-order valence-corrected chi connectivity index (χ0v) is 14.9. The lowest BCUT2D eigenvalue weighted by atomic mass is 9.86. The lowest BCUT2D eigenvalue weighted by Gasteiger charge is -2.35. The highest BCUT2D eigenvalue weighted by atomic mass is 32.1. The maximum atomic E-state index is 12.0. The second-order valence-corrected chi connectivity index (χ2v) is 6.09. The van der Waals surface area contributed by atoms with Gasteiger partial charge in [-0.3, -0.25) is 4.79 Å². The highest BCUT2D eigenvalue weighted by Crippen LogP contribution is 2.36. The van der Waals surface area contributed by atoms with Gasteiger partial charge in [0.15, 0.2) is 16.6 Å². The molecule has 1 saturated heterocycles. The monoisotopic (exact) mass is 363 g/mol. The lowest BCUT2D eigenvalue weighted by Crippen LogP contribution is -2.50. The van der Waals surface area contributed by atoms with Gasteiger partial charge < -0.3 is 30.0 Å². The molecule has 134 valence electrons. The zero-order chi connectivity index (χ0) is 18.7. The third kappa shape index (κ3) is 4.08. The van der Waals surface area contributed by atoms with Crippen molar-refractivity contribution < 1.29 is 24.2 Å². The van der Waals surface area contributed by atoms with E-state index in [2.05, 4.69) is 17.2 Å². The normalized spacial score (nSPS) is 20.9. The van der Waals surface area contributed by atoms with Crippen molar-refractivity contribution in [2.45, 2.75) is 26.0 Å². The van der Waals surface area contributed by atoms with Crippen molar-refractivity contribution in [3.05, 3.63) is 36.0 Å². The van der Waals surface area contributed by atoms with Crippen LogP contribution in [0.1, 0.15) is 25.5 Å². The van der Waals surface area contributed by atoms with Gasteiger partial charge in [-0.15, -0.1) is 0 Å². The fourth-order valence-corrected chi connectivity index (χ4v) is 2.91. The van der Waals surface area contributed by atoms with Crippen LogP contribution >= 0.6 is 12.2 Å². The zero-order valence-electron chi connectivity index (χ0n) is 14.1. The molecule has 1 aliphatic rings. The summed E-state index contributed by atoms with van der Waals surface area (Å²) >= 11 is 5.15. The molecule has 0 bridgehead atoms. The van der Waals surface area contributed by atoms with E-state index < -0.39 is 24.0 Å². The summed E-state index contributed by atoms with van der Waals surface area (Å²) < 4.78 is 10.6. The van der Waals surface area contributed by atoms with E-state index in [0.29, 0.717) is 16.6 Å². The van der Waals surface area contributed by atoms with Crippen LogP contribution in [0.25, 0.3) is 0 Å². The second-order valence-electron chi connectivity index (χ2n) is 5.68. The molecule has 2 rings (SSSR count). The molecular weight excluding hydrogens is 344 g/mol. The Balaban J connectivity index is 2.37. The molecule has 1 fully saturated rings. The summed E-state index contributed by atoms with van der Waals surface area (Å²) in [7, 11) is 1.44. The summed E-state index contributed by atoms with van der Waals surface area (Å²) in [5, 5.41) is 17.2. The number of carbonyl (C=O) groups is 2. The molecule has 0 unspecified atom stereocenters. The Morgan fingerprint density at radius 2 is 2.04 bits per heavy atom. The Bertz CT molecular complexity index is 734. The third-order valence-corrected chi connectivity index (χ3v) is 4.11. The van der Waals surface area contributed by atoms with Gasteiger partial charge in [0, 0.05) is 5.70 Å². The van der Waals surface area contributed by atoms with E-state index in [9.17, 15) is 14.7 Å². The maximum absolute atomic E-state index is 12.0. The van der Waals surface area contributed by atoms with Crippen molar-refractivity contribution >= 4 is 29.1 Å². The largest absolute Gasteiger partial charge is 0.546 e.